The van der Waals surface area contributed by atoms with Crippen LogP contribution in [0.1, 0.15) is 49.0 Å². The zero-order chi connectivity index (χ0) is 15.6. The number of hydrogen-bond acceptors (Lipinski definition) is 4. The molecule has 21 heavy (non-hydrogen) atoms. The van der Waals surface area contributed by atoms with E-state index >= 15 is 0 Å². The van der Waals surface area contributed by atoms with Gasteiger partial charge in [0.1, 0.15) is 5.78 Å². The molecule has 112 valence electrons. The number of fused-ring (bicyclic) bond motifs is 1. The van der Waals surface area contributed by atoms with Crippen LogP contribution in [0.3, 0.4) is 0 Å². The molecular formula is C16H20N2O3. The molecule has 2 N–H and O–H groups in total. The molecule has 0 bridgehead atoms. The van der Waals surface area contributed by atoms with E-state index < -0.39 is 6.04 Å². The quantitative estimate of drug-likeness (QED) is 0.811. The van der Waals surface area contributed by atoms with Gasteiger partial charge in [-0.05, 0) is 37.1 Å². The Morgan fingerprint density at radius 1 is 1.38 bits per heavy atom. The van der Waals surface area contributed by atoms with Gasteiger partial charge in [-0.25, -0.2) is 0 Å². The highest BCUT2D eigenvalue weighted by molar-refractivity contribution is 6.01. The lowest BCUT2D eigenvalue weighted by atomic mass is 10.0. The summed E-state index contributed by atoms with van der Waals surface area (Å²) in [5, 5.41) is 0. The van der Waals surface area contributed by atoms with Crippen LogP contribution in [0.5, 0.6) is 0 Å². The summed E-state index contributed by atoms with van der Waals surface area (Å²) in [4.78, 5) is 37.3. The predicted molar refractivity (Wildman–Crippen MR) is 79.7 cm³/mol. The van der Waals surface area contributed by atoms with Crippen LogP contribution in [0.15, 0.2) is 18.2 Å². The van der Waals surface area contributed by atoms with E-state index in [2.05, 4.69) is 0 Å². The highest BCUT2D eigenvalue weighted by Gasteiger charge is 2.34. The Morgan fingerprint density at radius 3 is 2.71 bits per heavy atom. The lowest BCUT2D eigenvalue weighted by Gasteiger charge is -2.25. The fourth-order valence-corrected chi connectivity index (χ4v) is 2.67. The monoisotopic (exact) mass is 288 g/mol. The molecule has 1 aliphatic heterocycles. The van der Waals surface area contributed by atoms with Gasteiger partial charge in [0.25, 0.3) is 5.91 Å². The standard InChI is InChI=1S/C16H20N2O3/c1-3-13(20)5-7-15(10(2)19)18-9-11-8-12(17)4-6-14(11)16(18)21/h4,6,8,15H,3,5,7,9,17H2,1-2H3. The van der Waals surface area contributed by atoms with Gasteiger partial charge < -0.3 is 10.6 Å². The van der Waals surface area contributed by atoms with Crippen molar-refractivity contribution in [3.63, 3.8) is 0 Å². The summed E-state index contributed by atoms with van der Waals surface area (Å²) in [6.45, 7) is 3.64. The summed E-state index contributed by atoms with van der Waals surface area (Å²) in [6, 6.07) is 4.61. The fourth-order valence-electron chi connectivity index (χ4n) is 2.67. The number of benzene rings is 1. The van der Waals surface area contributed by atoms with Crippen molar-refractivity contribution in [3.05, 3.63) is 29.3 Å². The number of nitrogens with two attached hydrogens (primary N) is 1. The average Bonchev–Trinajstić information content (AvgIpc) is 2.75. The Hall–Kier alpha value is -2.17. The topological polar surface area (TPSA) is 80.5 Å². The molecule has 1 heterocycles. The molecule has 2 rings (SSSR count). The molecule has 1 atom stereocenters. The minimum atomic E-state index is -0.540. The van der Waals surface area contributed by atoms with E-state index in [1.165, 1.54) is 6.92 Å². The zero-order valence-corrected chi connectivity index (χ0v) is 12.4. The summed E-state index contributed by atoms with van der Waals surface area (Å²) < 4.78 is 0. The SMILES string of the molecule is CCC(=O)CCC(C(C)=O)N1Cc2cc(N)ccc2C1=O. The molecule has 1 aliphatic rings. The molecule has 0 aliphatic carbocycles. The fraction of sp³-hybridized carbons (Fsp3) is 0.438. The van der Waals surface area contributed by atoms with E-state index in [4.69, 9.17) is 5.73 Å². The molecule has 0 fully saturated rings. The number of amides is 1. The van der Waals surface area contributed by atoms with E-state index in [-0.39, 0.29) is 17.5 Å². The third-order valence-electron chi connectivity index (χ3n) is 3.90. The summed E-state index contributed by atoms with van der Waals surface area (Å²) >= 11 is 0. The van der Waals surface area contributed by atoms with Crippen molar-refractivity contribution in [1.29, 1.82) is 0 Å². The maximum absolute atomic E-state index is 12.4. The van der Waals surface area contributed by atoms with Crippen molar-refractivity contribution >= 4 is 23.2 Å². The van der Waals surface area contributed by atoms with Crippen molar-refractivity contribution < 1.29 is 14.4 Å². The van der Waals surface area contributed by atoms with Crippen molar-refractivity contribution in [1.82, 2.24) is 4.90 Å². The maximum Gasteiger partial charge on any atom is 0.255 e. The first-order valence-electron chi connectivity index (χ1n) is 7.15. The number of carbonyl (C=O) groups is 3. The second-order valence-electron chi connectivity index (χ2n) is 5.41. The highest BCUT2D eigenvalue weighted by Crippen LogP contribution is 2.28. The Bertz CT molecular complexity index is 595. The van der Waals surface area contributed by atoms with E-state index in [0.717, 1.165) is 5.56 Å². The van der Waals surface area contributed by atoms with E-state index in [1.54, 1.807) is 30.0 Å². The first kappa shape index (κ1) is 15.2. The number of hydrogen-bond donors (Lipinski definition) is 1. The van der Waals surface area contributed by atoms with Gasteiger partial charge >= 0.3 is 0 Å². The van der Waals surface area contributed by atoms with Gasteiger partial charge in [0.05, 0.1) is 6.04 Å². The molecule has 1 amide bonds. The van der Waals surface area contributed by atoms with Crippen LogP contribution in [0.4, 0.5) is 5.69 Å². The van der Waals surface area contributed by atoms with Gasteiger partial charge in [0.15, 0.2) is 5.78 Å². The van der Waals surface area contributed by atoms with Gasteiger partial charge in [0.2, 0.25) is 0 Å². The van der Waals surface area contributed by atoms with Gasteiger partial charge in [-0.2, -0.15) is 0 Å². The number of Topliss-reactive ketones (excluding diaryl/α,β-unsaturated/α-hetero) is 2. The molecule has 5 heteroatoms. The normalized spacial score (nSPS) is 15.0. The molecular weight excluding hydrogens is 268 g/mol. The number of carbonyl (C=O) groups excluding carboxylic acids is 3. The van der Waals surface area contributed by atoms with Gasteiger partial charge in [-0.1, -0.05) is 6.92 Å². The third-order valence-corrected chi connectivity index (χ3v) is 3.90. The Balaban J connectivity index is 2.18. The third kappa shape index (κ3) is 3.12. The van der Waals surface area contributed by atoms with Gasteiger partial charge in [0, 0.05) is 30.6 Å². The number of nitrogen functional groups attached to an aromatic ring is 1. The molecule has 1 unspecified atom stereocenters. The Morgan fingerprint density at radius 2 is 2.10 bits per heavy atom. The number of rotatable bonds is 6. The van der Waals surface area contributed by atoms with Gasteiger partial charge in [-0.15, -0.1) is 0 Å². The van der Waals surface area contributed by atoms with Crippen LogP contribution in [-0.2, 0) is 16.1 Å². The van der Waals surface area contributed by atoms with Crippen LogP contribution >= 0.6 is 0 Å². The molecule has 5 nitrogen and oxygen atoms in total. The molecule has 0 saturated carbocycles. The van der Waals surface area contributed by atoms with Crippen LogP contribution < -0.4 is 5.73 Å². The maximum atomic E-state index is 12.4. The first-order valence-corrected chi connectivity index (χ1v) is 7.15. The summed E-state index contributed by atoms with van der Waals surface area (Å²) in [5.41, 5.74) is 7.77. The Kier molecular flexibility index (Phi) is 4.40. The van der Waals surface area contributed by atoms with E-state index in [0.29, 0.717) is 37.1 Å². The van der Waals surface area contributed by atoms with Crippen molar-refractivity contribution in [2.24, 2.45) is 0 Å². The van der Waals surface area contributed by atoms with Crippen LogP contribution in [0.25, 0.3) is 0 Å². The molecule has 0 radical (unpaired) electrons. The van der Waals surface area contributed by atoms with Crippen molar-refractivity contribution in [3.8, 4) is 0 Å². The number of anilines is 1. The highest BCUT2D eigenvalue weighted by atomic mass is 16.2. The van der Waals surface area contributed by atoms with Crippen LogP contribution in [-0.4, -0.2) is 28.4 Å². The van der Waals surface area contributed by atoms with Gasteiger partial charge in [-0.3, -0.25) is 14.4 Å². The van der Waals surface area contributed by atoms with E-state index in [9.17, 15) is 14.4 Å². The molecule has 0 aromatic heterocycles. The second-order valence-corrected chi connectivity index (χ2v) is 5.41. The van der Waals surface area contributed by atoms with E-state index in [1.807, 2.05) is 0 Å². The lowest BCUT2D eigenvalue weighted by Crippen LogP contribution is -2.40. The first-order chi connectivity index (χ1) is 9.93. The van der Waals surface area contributed by atoms with Crippen molar-refractivity contribution in [2.75, 3.05) is 5.73 Å². The predicted octanol–water partition coefficient (Wildman–Crippen LogP) is 1.94. The molecule has 1 aromatic rings. The summed E-state index contributed by atoms with van der Waals surface area (Å²) in [6.07, 6.45) is 1.16. The zero-order valence-electron chi connectivity index (χ0n) is 12.4. The smallest absolute Gasteiger partial charge is 0.255 e. The molecule has 0 spiro atoms. The summed E-state index contributed by atoms with van der Waals surface area (Å²) in [7, 11) is 0. The molecule has 1 aromatic carbocycles. The van der Waals surface area contributed by atoms with Crippen molar-refractivity contribution in [2.45, 2.75) is 45.7 Å². The molecule has 0 saturated heterocycles. The second kappa shape index (κ2) is 6.08. The lowest BCUT2D eigenvalue weighted by molar-refractivity contribution is -0.122. The average molecular weight is 288 g/mol. The Labute approximate surface area is 124 Å². The largest absolute Gasteiger partial charge is 0.399 e. The minimum Gasteiger partial charge on any atom is -0.399 e. The summed E-state index contributed by atoms with van der Waals surface area (Å²) in [5.74, 6) is -0.142. The number of ketones is 2. The van der Waals surface area contributed by atoms with Crippen LogP contribution in [0, 0.1) is 0 Å². The minimum absolute atomic E-state index is 0.0898. The van der Waals surface area contributed by atoms with Crippen LogP contribution in [0.2, 0.25) is 0 Å². The number of nitrogens with zero attached hydrogens (tertiary/aromatic N) is 1.